The quantitative estimate of drug-likeness (QED) is 0.571. The molecule has 1 rings (SSSR count). The Morgan fingerprint density at radius 2 is 2.20 bits per heavy atom. The van der Waals surface area contributed by atoms with E-state index < -0.39 is 0 Å². The third-order valence-electron chi connectivity index (χ3n) is 2.78. The summed E-state index contributed by atoms with van der Waals surface area (Å²) >= 11 is 0. The highest BCUT2D eigenvalue weighted by molar-refractivity contribution is 5.24. The van der Waals surface area contributed by atoms with Crippen LogP contribution in [0.5, 0.6) is 0 Å². The molecule has 0 spiro atoms. The molecule has 86 valence electrons. The average molecular weight is 209 g/mol. The summed E-state index contributed by atoms with van der Waals surface area (Å²) in [4.78, 5) is 0. The predicted octanol–water partition coefficient (Wildman–Crippen LogP) is 2.36. The number of nitrogens with one attached hydrogen (secondary N) is 1. The van der Waals surface area contributed by atoms with Crippen molar-refractivity contribution in [2.24, 2.45) is 5.10 Å². The van der Waals surface area contributed by atoms with Gasteiger partial charge in [-0.2, -0.15) is 5.10 Å². The van der Waals surface area contributed by atoms with Gasteiger partial charge in [0.1, 0.15) is 0 Å². The Kier molecular flexibility index (Phi) is 3.91. The van der Waals surface area contributed by atoms with E-state index in [0.29, 0.717) is 6.04 Å². The zero-order chi connectivity index (χ0) is 11.5. The molecule has 0 aliphatic carbocycles. The molecule has 0 aromatic carbocycles. The summed E-state index contributed by atoms with van der Waals surface area (Å²) in [6.07, 6.45) is 4.61. The van der Waals surface area contributed by atoms with E-state index in [9.17, 15) is 0 Å². The summed E-state index contributed by atoms with van der Waals surface area (Å²) in [6, 6.07) is 0.525. The molecule has 0 unspecified atom stereocenters. The zero-order valence-corrected chi connectivity index (χ0v) is 10.4. The van der Waals surface area contributed by atoms with Crippen LogP contribution in [-0.2, 0) is 0 Å². The van der Waals surface area contributed by atoms with Gasteiger partial charge in [-0.3, -0.25) is 5.01 Å². The van der Waals surface area contributed by atoms with Crippen molar-refractivity contribution in [3.63, 3.8) is 0 Å². The molecule has 1 heterocycles. The van der Waals surface area contributed by atoms with Gasteiger partial charge in [0.05, 0.1) is 5.54 Å². The van der Waals surface area contributed by atoms with Crippen molar-refractivity contribution in [2.45, 2.75) is 52.1 Å². The fraction of sp³-hybridized carbons (Fsp3) is 0.750. The van der Waals surface area contributed by atoms with Gasteiger partial charge in [0.2, 0.25) is 0 Å². The smallest absolute Gasteiger partial charge is 0.0543 e. The molecule has 15 heavy (non-hydrogen) atoms. The first-order valence-electron chi connectivity index (χ1n) is 5.63. The van der Waals surface area contributed by atoms with Crippen molar-refractivity contribution >= 4 is 6.72 Å². The second-order valence-corrected chi connectivity index (χ2v) is 5.18. The summed E-state index contributed by atoms with van der Waals surface area (Å²) in [5, 5.41) is 9.46. The van der Waals surface area contributed by atoms with E-state index >= 15 is 0 Å². The number of hydrazone groups is 1. The van der Waals surface area contributed by atoms with Gasteiger partial charge in [-0.05, 0) is 52.7 Å². The molecule has 1 aliphatic heterocycles. The van der Waals surface area contributed by atoms with E-state index in [-0.39, 0.29) is 5.54 Å². The van der Waals surface area contributed by atoms with Crippen molar-refractivity contribution in [1.82, 2.24) is 10.3 Å². The zero-order valence-electron chi connectivity index (χ0n) is 10.4. The van der Waals surface area contributed by atoms with Gasteiger partial charge in [0.15, 0.2) is 0 Å². The van der Waals surface area contributed by atoms with Gasteiger partial charge in [-0.25, -0.2) is 0 Å². The Balaban J connectivity index is 2.70. The van der Waals surface area contributed by atoms with Gasteiger partial charge in [0.25, 0.3) is 0 Å². The molecular formula is C12H23N3. The Labute approximate surface area is 93.2 Å². The molecule has 1 aliphatic rings. The van der Waals surface area contributed by atoms with Crippen LogP contribution in [0.2, 0.25) is 0 Å². The molecule has 1 fully saturated rings. The lowest BCUT2D eigenvalue weighted by molar-refractivity contribution is 0.214. The summed E-state index contributed by atoms with van der Waals surface area (Å²) < 4.78 is 0. The summed E-state index contributed by atoms with van der Waals surface area (Å²) in [6.45, 7) is 13.3. The van der Waals surface area contributed by atoms with Gasteiger partial charge in [-0.1, -0.05) is 0 Å². The van der Waals surface area contributed by atoms with E-state index in [1.54, 1.807) is 0 Å². The molecule has 0 saturated carbocycles. The molecule has 0 aromatic rings. The van der Waals surface area contributed by atoms with Crippen LogP contribution in [0, 0.1) is 0 Å². The normalized spacial score (nSPS) is 22.9. The highest BCUT2D eigenvalue weighted by Gasteiger charge is 2.20. The standard InChI is InChI=1S/C12H23N3/c1-10(11-7-6-8-14-11)9-15(13-5)12(2,3)4/h9,11,14H,5-8H2,1-4H3/b10-9+/t11-/m1/s1. The molecule has 0 aromatic heterocycles. The van der Waals surface area contributed by atoms with Gasteiger partial charge < -0.3 is 5.32 Å². The lowest BCUT2D eigenvalue weighted by atomic mass is 10.1. The van der Waals surface area contributed by atoms with Crippen LogP contribution in [0.1, 0.15) is 40.5 Å². The molecule has 3 nitrogen and oxygen atoms in total. The Morgan fingerprint density at radius 3 is 2.60 bits per heavy atom. The second-order valence-electron chi connectivity index (χ2n) is 5.18. The van der Waals surface area contributed by atoms with Crippen LogP contribution in [0.3, 0.4) is 0 Å². The van der Waals surface area contributed by atoms with E-state index in [0.717, 1.165) is 6.54 Å². The van der Waals surface area contributed by atoms with Crippen LogP contribution in [0.4, 0.5) is 0 Å². The van der Waals surface area contributed by atoms with E-state index in [1.165, 1.54) is 18.4 Å². The van der Waals surface area contributed by atoms with Crippen molar-refractivity contribution in [1.29, 1.82) is 0 Å². The largest absolute Gasteiger partial charge is 0.310 e. The van der Waals surface area contributed by atoms with Crippen LogP contribution in [0.25, 0.3) is 0 Å². The van der Waals surface area contributed by atoms with E-state index in [1.807, 2.05) is 5.01 Å². The van der Waals surface area contributed by atoms with Gasteiger partial charge in [0, 0.05) is 19.0 Å². The summed E-state index contributed by atoms with van der Waals surface area (Å²) in [5.41, 5.74) is 1.34. The first kappa shape index (κ1) is 12.2. The van der Waals surface area contributed by atoms with Crippen molar-refractivity contribution < 1.29 is 0 Å². The minimum atomic E-state index is 0.00160. The monoisotopic (exact) mass is 209 g/mol. The van der Waals surface area contributed by atoms with Crippen molar-refractivity contribution in [3.05, 3.63) is 11.8 Å². The third-order valence-corrected chi connectivity index (χ3v) is 2.78. The molecule has 0 radical (unpaired) electrons. The molecule has 3 heteroatoms. The molecule has 1 atom stereocenters. The maximum Gasteiger partial charge on any atom is 0.0543 e. The molecule has 1 N–H and O–H groups in total. The molecule has 1 saturated heterocycles. The minimum absolute atomic E-state index is 0.00160. The van der Waals surface area contributed by atoms with Crippen LogP contribution >= 0.6 is 0 Å². The van der Waals surface area contributed by atoms with Crippen LogP contribution in [0.15, 0.2) is 16.9 Å². The fourth-order valence-corrected chi connectivity index (χ4v) is 1.80. The molecule has 0 bridgehead atoms. The Bertz CT molecular complexity index is 244. The lowest BCUT2D eigenvalue weighted by Gasteiger charge is -2.30. The minimum Gasteiger partial charge on any atom is -0.310 e. The lowest BCUT2D eigenvalue weighted by Crippen LogP contribution is -2.34. The van der Waals surface area contributed by atoms with Crippen molar-refractivity contribution in [3.8, 4) is 0 Å². The van der Waals surface area contributed by atoms with Crippen LogP contribution in [-0.4, -0.2) is 29.9 Å². The van der Waals surface area contributed by atoms with Gasteiger partial charge in [-0.15, -0.1) is 0 Å². The number of hydrogen-bond acceptors (Lipinski definition) is 3. The highest BCUT2D eigenvalue weighted by Crippen LogP contribution is 2.19. The van der Waals surface area contributed by atoms with E-state index in [2.05, 4.69) is 51.0 Å². The summed E-state index contributed by atoms with van der Waals surface area (Å²) in [5.74, 6) is 0. The number of rotatable bonds is 3. The topological polar surface area (TPSA) is 27.6 Å². The SMILES string of the molecule is C=NN(/C=C(\C)[C@H]1CCCN1)C(C)(C)C. The average Bonchev–Trinajstić information content (AvgIpc) is 2.64. The Hall–Kier alpha value is -0.830. The first-order valence-corrected chi connectivity index (χ1v) is 5.63. The predicted molar refractivity (Wildman–Crippen MR) is 65.9 cm³/mol. The van der Waals surface area contributed by atoms with E-state index in [4.69, 9.17) is 0 Å². The van der Waals surface area contributed by atoms with Crippen LogP contribution < -0.4 is 5.32 Å². The Morgan fingerprint density at radius 1 is 1.53 bits per heavy atom. The molecule has 0 amide bonds. The summed E-state index contributed by atoms with van der Waals surface area (Å²) in [7, 11) is 0. The highest BCUT2D eigenvalue weighted by atomic mass is 15.5. The van der Waals surface area contributed by atoms with Crippen molar-refractivity contribution in [2.75, 3.05) is 6.54 Å². The van der Waals surface area contributed by atoms with Gasteiger partial charge >= 0.3 is 0 Å². The first-order chi connectivity index (χ1) is 6.95. The second kappa shape index (κ2) is 4.79. The fourth-order valence-electron chi connectivity index (χ4n) is 1.80. The number of hydrogen-bond donors (Lipinski definition) is 1. The maximum absolute atomic E-state index is 4.05. The number of nitrogens with zero attached hydrogens (tertiary/aromatic N) is 2. The third kappa shape index (κ3) is 3.34. The maximum atomic E-state index is 4.05. The molecular weight excluding hydrogens is 186 g/mol.